The Morgan fingerprint density at radius 3 is 2.30 bits per heavy atom. The van der Waals surface area contributed by atoms with Crippen LogP contribution in [0.5, 0.6) is 0 Å². The normalized spacial score (nSPS) is 17.3. The fourth-order valence-corrected chi connectivity index (χ4v) is 3.00. The molecule has 0 bridgehead atoms. The fraction of sp³-hybridized carbons (Fsp3) is 0.267. The predicted octanol–water partition coefficient (Wildman–Crippen LogP) is 1.69. The van der Waals surface area contributed by atoms with E-state index < -0.39 is 0 Å². The average molecular weight is 267 g/mol. The van der Waals surface area contributed by atoms with E-state index in [2.05, 4.69) is 4.98 Å². The van der Waals surface area contributed by atoms with Gasteiger partial charge in [-0.3, -0.25) is 9.59 Å². The van der Waals surface area contributed by atoms with Crippen molar-refractivity contribution >= 4 is 11.8 Å². The molecule has 1 aliphatic carbocycles. The Morgan fingerprint density at radius 2 is 1.60 bits per heavy atom. The maximum Gasteiger partial charge on any atom is 0.281 e. The van der Waals surface area contributed by atoms with E-state index in [9.17, 15) is 9.59 Å². The Bertz CT molecular complexity index is 697. The van der Waals surface area contributed by atoms with Gasteiger partial charge in [-0.1, -0.05) is 12.1 Å². The summed E-state index contributed by atoms with van der Waals surface area (Å²) < 4.78 is 1.64. The Hall–Kier alpha value is -2.43. The number of aryl methyl sites for hydroxylation is 1. The van der Waals surface area contributed by atoms with Crippen LogP contribution in [0.25, 0.3) is 0 Å². The summed E-state index contributed by atoms with van der Waals surface area (Å²) in [6.07, 6.45) is 5.57. The number of imidazole rings is 1. The predicted molar refractivity (Wildman–Crippen MR) is 72.2 cm³/mol. The number of carbonyl (C=O) groups excluding carboxylic acids is 2. The topological polar surface area (TPSA) is 55.2 Å². The molecule has 5 heteroatoms. The molecule has 4 rings (SSSR count). The van der Waals surface area contributed by atoms with E-state index in [1.54, 1.807) is 35.3 Å². The number of rotatable bonds is 1. The Balaban J connectivity index is 1.83. The van der Waals surface area contributed by atoms with Gasteiger partial charge in [0.25, 0.3) is 11.8 Å². The molecule has 0 saturated heterocycles. The number of aromatic nitrogens is 2. The molecule has 1 aromatic heterocycles. The van der Waals surface area contributed by atoms with Crippen LogP contribution in [0.4, 0.5) is 0 Å². The Labute approximate surface area is 115 Å². The number of amides is 2. The largest absolute Gasteiger partial charge is 0.281 e. The maximum atomic E-state index is 12.4. The van der Waals surface area contributed by atoms with Gasteiger partial charge in [0.15, 0.2) is 0 Å². The minimum absolute atomic E-state index is 0.267. The van der Waals surface area contributed by atoms with Crippen LogP contribution in [0, 0.1) is 0 Å². The van der Waals surface area contributed by atoms with E-state index in [0.717, 1.165) is 37.1 Å². The van der Waals surface area contributed by atoms with Gasteiger partial charge in [0.2, 0.25) is 0 Å². The second-order valence-corrected chi connectivity index (χ2v) is 5.16. The van der Waals surface area contributed by atoms with Crippen molar-refractivity contribution in [2.45, 2.75) is 25.7 Å². The molecule has 5 nitrogen and oxygen atoms in total. The zero-order chi connectivity index (χ0) is 13.7. The standard InChI is InChI=1S/C15H13N3O2/c19-14-10-5-1-2-6-11(10)15(20)18(14)17-9-16-12-7-3-4-8-13(12)17/h1-2,5-6,9H,3-4,7-8H2. The third-order valence-corrected chi connectivity index (χ3v) is 4.00. The highest BCUT2D eigenvalue weighted by atomic mass is 16.2. The van der Waals surface area contributed by atoms with Gasteiger partial charge in [-0.15, -0.1) is 0 Å². The number of benzene rings is 1. The minimum Gasteiger partial charge on any atom is -0.267 e. The van der Waals surface area contributed by atoms with Crippen molar-refractivity contribution in [2.24, 2.45) is 0 Å². The molecule has 2 aromatic rings. The van der Waals surface area contributed by atoms with Crippen molar-refractivity contribution in [3.8, 4) is 0 Å². The lowest BCUT2D eigenvalue weighted by Gasteiger charge is -2.20. The first kappa shape index (κ1) is 11.4. The number of hydrogen-bond donors (Lipinski definition) is 0. The molecular formula is C15H13N3O2. The molecule has 2 amide bonds. The number of hydrogen-bond acceptors (Lipinski definition) is 3. The van der Waals surface area contributed by atoms with Crippen LogP contribution >= 0.6 is 0 Å². The van der Waals surface area contributed by atoms with Gasteiger partial charge in [-0.2, -0.15) is 5.01 Å². The second kappa shape index (κ2) is 4.03. The number of fused-ring (bicyclic) bond motifs is 2. The van der Waals surface area contributed by atoms with Gasteiger partial charge in [0.1, 0.15) is 6.33 Å². The van der Waals surface area contributed by atoms with Crippen LogP contribution in [0.15, 0.2) is 30.6 Å². The smallest absolute Gasteiger partial charge is 0.267 e. The summed E-state index contributed by atoms with van der Waals surface area (Å²) in [4.78, 5) is 29.2. The minimum atomic E-state index is -0.267. The summed E-state index contributed by atoms with van der Waals surface area (Å²) in [6, 6.07) is 6.94. The van der Waals surface area contributed by atoms with Crippen LogP contribution in [0.1, 0.15) is 44.9 Å². The zero-order valence-electron chi connectivity index (χ0n) is 10.9. The SMILES string of the molecule is O=C1c2ccccc2C(=O)N1n1cnc2c1CCCC2. The van der Waals surface area contributed by atoms with Gasteiger partial charge in [-0.25, -0.2) is 9.66 Å². The molecule has 0 saturated carbocycles. The summed E-state index contributed by atoms with van der Waals surface area (Å²) >= 11 is 0. The Morgan fingerprint density at radius 1 is 0.950 bits per heavy atom. The van der Waals surface area contributed by atoms with E-state index in [-0.39, 0.29) is 11.8 Å². The van der Waals surface area contributed by atoms with Gasteiger partial charge in [0.05, 0.1) is 22.5 Å². The van der Waals surface area contributed by atoms with Crippen molar-refractivity contribution in [3.63, 3.8) is 0 Å². The first-order chi connectivity index (χ1) is 9.77. The molecule has 0 unspecified atom stereocenters. The second-order valence-electron chi connectivity index (χ2n) is 5.16. The van der Waals surface area contributed by atoms with Crippen molar-refractivity contribution in [3.05, 3.63) is 53.1 Å². The lowest BCUT2D eigenvalue weighted by Crippen LogP contribution is -2.40. The van der Waals surface area contributed by atoms with Crippen LogP contribution < -0.4 is 5.01 Å². The molecular weight excluding hydrogens is 254 g/mol. The first-order valence-corrected chi connectivity index (χ1v) is 6.80. The Kier molecular flexibility index (Phi) is 2.30. The number of carbonyl (C=O) groups is 2. The lowest BCUT2D eigenvalue weighted by molar-refractivity contribution is 0.0884. The molecule has 2 heterocycles. The summed E-state index contributed by atoms with van der Waals surface area (Å²) in [5.74, 6) is -0.534. The van der Waals surface area contributed by atoms with Gasteiger partial charge in [-0.05, 0) is 37.8 Å². The third kappa shape index (κ3) is 1.40. The molecule has 0 spiro atoms. The summed E-state index contributed by atoms with van der Waals surface area (Å²) in [5.41, 5.74) is 2.94. The van der Waals surface area contributed by atoms with Crippen LogP contribution in [0.3, 0.4) is 0 Å². The highest BCUT2D eigenvalue weighted by Crippen LogP contribution is 2.25. The molecule has 0 N–H and O–H groups in total. The quantitative estimate of drug-likeness (QED) is 0.739. The maximum absolute atomic E-state index is 12.4. The van der Waals surface area contributed by atoms with Crippen molar-refractivity contribution in [1.29, 1.82) is 0 Å². The highest BCUT2D eigenvalue weighted by Gasteiger charge is 2.38. The van der Waals surface area contributed by atoms with E-state index >= 15 is 0 Å². The molecule has 0 fully saturated rings. The van der Waals surface area contributed by atoms with E-state index in [1.807, 2.05) is 0 Å². The summed E-state index contributed by atoms with van der Waals surface area (Å²) in [7, 11) is 0. The third-order valence-electron chi connectivity index (χ3n) is 4.00. The number of imide groups is 1. The average Bonchev–Trinajstić information content (AvgIpc) is 3.01. The molecule has 0 atom stereocenters. The van der Waals surface area contributed by atoms with Gasteiger partial charge < -0.3 is 0 Å². The molecule has 0 radical (unpaired) electrons. The highest BCUT2D eigenvalue weighted by molar-refractivity contribution is 6.30. The van der Waals surface area contributed by atoms with Crippen LogP contribution in [-0.2, 0) is 12.8 Å². The zero-order valence-corrected chi connectivity index (χ0v) is 10.9. The molecule has 100 valence electrons. The van der Waals surface area contributed by atoms with Gasteiger partial charge in [0, 0.05) is 0 Å². The first-order valence-electron chi connectivity index (χ1n) is 6.80. The van der Waals surface area contributed by atoms with Crippen LogP contribution in [-0.4, -0.2) is 21.5 Å². The van der Waals surface area contributed by atoms with E-state index in [0.29, 0.717) is 11.1 Å². The van der Waals surface area contributed by atoms with E-state index in [4.69, 9.17) is 0 Å². The monoisotopic (exact) mass is 267 g/mol. The van der Waals surface area contributed by atoms with E-state index in [1.165, 1.54) is 5.01 Å². The summed E-state index contributed by atoms with van der Waals surface area (Å²) in [5, 5.41) is 1.21. The molecule has 2 aliphatic rings. The summed E-state index contributed by atoms with van der Waals surface area (Å²) in [6.45, 7) is 0. The van der Waals surface area contributed by atoms with Crippen LogP contribution in [0.2, 0.25) is 0 Å². The van der Waals surface area contributed by atoms with Gasteiger partial charge >= 0.3 is 0 Å². The van der Waals surface area contributed by atoms with Crippen molar-refractivity contribution < 1.29 is 9.59 Å². The molecule has 20 heavy (non-hydrogen) atoms. The molecule has 1 aromatic carbocycles. The lowest BCUT2D eigenvalue weighted by atomic mass is 10.0. The van der Waals surface area contributed by atoms with Crippen molar-refractivity contribution in [2.75, 3.05) is 5.01 Å². The van der Waals surface area contributed by atoms with Crippen molar-refractivity contribution in [1.82, 2.24) is 9.66 Å². The molecule has 1 aliphatic heterocycles. The number of nitrogens with zero attached hydrogens (tertiary/aromatic N) is 3. The fourth-order valence-electron chi connectivity index (χ4n) is 3.00.